The second-order valence-corrected chi connectivity index (χ2v) is 13.3. The van der Waals surface area contributed by atoms with Crippen LogP contribution in [0.3, 0.4) is 0 Å². The molecule has 0 bridgehead atoms. The zero-order valence-corrected chi connectivity index (χ0v) is 23.5. The molecule has 4 heterocycles. The lowest BCUT2D eigenvalue weighted by molar-refractivity contribution is -0.0379. The van der Waals surface area contributed by atoms with Crippen LogP contribution in [0, 0.1) is 11.6 Å². The second kappa shape index (κ2) is 10.2. The van der Waals surface area contributed by atoms with Crippen LogP contribution in [0.5, 0.6) is 0 Å². The molecule has 3 aromatic rings. The molecule has 2 aliphatic rings. The van der Waals surface area contributed by atoms with Crippen molar-refractivity contribution in [2.24, 2.45) is 0 Å². The molecule has 0 saturated carbocycles. The second-order valence-electron chi connectivity index (χ2n) is 11.4. The van der Waals surface area contributed by atoms with E-state index in [9.17, 15) is 22.7 Å². The Hall–Kier alpha value is -3.36. The van der Waals surface area contributed by atoms with Crippen molar-refractivity contribution >= 4 is 16.1 Å². The van der Waals surface area contributed by atoms with Gasteiger partial charge >= 0.3 is 6.09 Å². The molecule has 0 radical (unpaired) electrons. The summed E-state index contributed by atoms with van der Waals surface area (Å²) >= 11 is 0. The Morgan fingerprint density at radius 2 is 2.00 bits per heavy atom. The summed E-state index contributed by atoms with van der Waals surface area (Å²) in [5.74, 6) is -1.25. The van der Waals surface area contributed by atoms with Crippen molar-refractivity contribution in [2.75, 3.05) is 12.8 Å². The standard InChI is InChI=1S/C26H32F2N6O5S/c1-26(2,3)34(25(35)36)23-8-19(31-9-16-10-33(40(4,37)38)30-22(16)13-31)12-32(11-18-14-39-15-29-18)24(23)20-7-17(27)5-6-21(20)28/h5-7,10,14-15,19,23-24H,8-9,11-13H2,1-4H3,(H,35,36)/t19-,23+,24-/m1/s1. The summed E-state index contributed by atoms with van der Waals surface area (Å²) in [6.45, 7) is 6.69. The Morgan fingerprint density at radius 3 is 2.60 bits per heavy atom. The van der Waals surface area contributed by atoms with Gasteiger partial charge in [0.05, 0.1) is 29.7 Å². The number of hydrogen-bond donors (Lipinski definition) is 1. The SMILES string of the molecule is CC(C)(C)N(C(=O)O)[C@H]1C[C@@H](N2Cc3cn(S(C)(=O)=O)nc3C2)CN(Cc2cocn2)[C@@H]1c1cc(F)ccc1F. The Bertz CT molecular complexity index is 1480. The summed E-state index contributed by atoms with van der Waals surface area (Å²) in [5.41, 5.74) is 1.18. The van der Waals surface area contributed by atoms with Gasteiger partial charge in [-0.05, 0) is 45.4 Å². The Morgan fingerprint density at radius 1 is 1.25 bits per heavy atom. The van der Waals surface area contributed by atoms with Crippen molar-refractivity contribution in [1.82, 2.24) is 28.9 Å². The Labute approximate surface area is 231 Å². The van der Waals surface area contributed by atoms with E-state index in [1.807, 2.05) is 4.90 Å². The summed E-state index contributed by atoms with van der Waals surface area (Å²) in [6.07, 6.45) is 4.49. The predicted octanol–water partition coefficient (Wildman–Crippen LogP) is 3.44. The first kappa shape index (κ1) is 28.2. The highest BCUT2D eigenvalue weighted by Gasteiger charge is 2.48. The van der Waals surface area contributed by atoms with E-state index in [1.54, 1.807) is 20.8 Å². The van der Waals surface area contributed by atoms with E-state index in [0.29, 0.717) is 37.4 Å². The summed E-state index contributed by atoms with van der Waals surface area (Å²) in [6, 6.07) is 1.43. The first-order valence-electron chi connectivity index (χ1n) is 12.8. The smallest absolute Gasteiger partial charge is 0.408 e. The van der Waals surface area contributed by atoms with Crippen LogP contribution in [-0.2, 0) is 29.7 Å². The largest absolute Gasteiger partial charge is 0.465 e. The highest BCUT2D eigenvalue weighted by atomic mass is 32.2. The fourth-order valence-corrected chi connectivity index (χ4v) is 6.52. The van der Waals surface area contributed by atoms with E-state index in [4.69, 9.17) is 4.42 Å². The van der Waals surface area contributed by atoms with E-state index in [-0.39, 0.29) is 18.2 Å². The van der Waals surface area contributed by atoms with Gasteiger partial charge < -0.3 is 9.52 Å². The number of likely N-dealkylation sites (tertiary alicyclic amines) is 1. The highest BCUT2D eigenvalue weighted by Crippen LogP contribution is 2.42. The fraction of sp³-hybridized carbons (Fsp3) is 0.500. The summed E-state index contributed by atoms with van der Waals surface area (Å²) in [4.78, 5) is 22.3. The number of carbonyl (C=O) groups is 1. The van der Waals surface area contributed by atoms with Crippen LogP contribution >= 0.6 is 0 Å². The van der Waals surface area contributed by atoms with Gasteiger partial charge in [-0.2, -0.15) is 9.19 Å². The van der Waals surface area contributed by atoms with E-state index in [1.165, 1.54) is 23.8 Å². The van der Waals surface area contributed by atoms with Gasteiger partial charge in [-0.3, -0.25) is 14.7 Å². The van der Waals surface area contributed by atoms with Crippen LogP contribution in [0.4, 0.5) is 13.6 Å². The van der Waals surface area contributed by atoms with E-state index in [2.05, 4.69) is 15.0 Å². The third kappa shape index (κ3) is 5.47. The molecule has 3 atom stereocenters. The van der Waals surface area contributed by atoms with Crippen molar-refractivity contribution in [1.29, 1.82) is 0 Å². The van der Waals surface area contributed by atoms with E-state index < -0.39 is 45.4 Å². The average molecular weight is 579 g/mol. The number of rotatable bonds is 6. The van der Waals surface area contributed by atoms with Crippen molar-refractivity contribution < 1.29 is 31.5 Å². The topological polar surface area (TPSA) is 125 Å². The number of aromatic nitrogens is 3. The minimum atomic E-state index is -3.53. The van der Waals surface area contributed by atoms with Crippen molar-refractivity contribution in [2.45, 2.75) is 70.5 Å². The van der Waals surface area contributed by atoms with Gasteiger partial charge in [0.2, 0.25) is 0 Å². The minimum absolute atomic E-state index is 0.0663. The van der Waals surface area contributed by atoms with Gasteiger partial charge in [0.25, 0.3) is 10.0 Å². The molecular weight excluding hydrogens is 546 g/mol. The molecule has 0 spiro atoms. The van der Waals surface area contributed by atoms with Crippen LogP contribution in [0.25, 0.3) is 0 Å². The van der Waals surface area contributed by atoms with Crippen LogP contribution in [0.15, 0.2) is 41.5 Å². The fourth-order valence-electron chi connectivity index (χ4n) is 5.96. The third-order valence-corrected chi connectivity index (χ3v) is 8.41. The van der Waals surface area contributed by atoms with Crippen LogP contribution < -0.4 is 0 Å². The number of nitrogens with zero attached hydrogens (tertiary/aromatic N) is 6. The first-order chi connectivity index (χ1) is 18.7. The van der Waals surface area contributed by atoms with Gasteiger partial charge in [0.15, 0.2) is 6.39 Å². The lowest BCUT2D eigenvalue weighted by Gasteiger charge is -2.52. The number of piperidine rings is 1. The molecule has 1 fully saturated rings. The molecule has 11 nitrogen and oxygen atoms in total. The van der Waals surface area contributed by atoms with E-state index >= 15 is 4.39 Å². The molecule has 1 saturated heterocycles. The van der Waals surface area contributed by atoms with Gasteiger partial charge in [-0.25, -0.2) is 27.0 Å². The summed E-state index contributed by atoms with van der Waals surface area (Å²) in [7, 11) is -3.53. The number of amides is 1. The molecule has 1 N–H and O–H groups in total. The molecular formula is C26H32F2N6O5S. The van der Waals surface area contributed by atoms with Gasteiger partial charge in [0.1, 0.15) is 17.9 Å². The molecule has 5 rings (SSSR count). The number of halogens is 2. The maximum absolute atomic E-state index is 15.3. The molecule has 0 aliphatic carbocycles. The van der Waals surface area contributed by atoms with Crippen molar-refractivity contribution in [3.63, 3.8) is 0 Å². The number of fused-ring (bicyclic) bond motifs is 1. The van der Waals surface area contributed by atoms with Gasteiger partial charge in [-0.1, -0.05) is 0 Å². The molecule has 40 heavy (non-hydrogen) atoms. The van der Waals surface area contributed by atoms with Crippen molar-refractivity contribution in [3.8, 4) is 0 Å². The quantitative estimate of drug-likeness (QED) is 0.468. The molecule has 1 amide bonds. The molecule has 1 aromatic carbocycles. The van der Waals surface area contributed by atoms with Gasteiger partial charge in [0, 0.05) is 55.1 Å². The maximum Gasteiger partial charge on any atom is 0.408 e. The normalized spacial score (nSPS) is 22.4. The molecule has 216 valence electrons. The van der Waals surface area contributed by atoms with Gasteiger partial charge in [-0.15, -0.1) is 0 Å². The predicted molar refractivity (Wildman–Crippen MR) is 140 cm³/mol. The maximum atomic E-state index is 15.3. The lowest BCUT2D eigenvalue weighted by atomic mass is 9.84. The molecule has 14 heteroatoms. The highest BCUT2D eigenvalue weighted by molar-refractivity contribution is 7.89. The monoisotopic (exact) mass is 578 g/mol. The zero-order valence-electron chi connectivity index (χ0n) is 22.7. The molecule has 2 aromatic heterocycles. The number of hydrogen-bond acceptors (Lipinski definition) is 8. The Balaban J connectivity index is 1.56. The first-order valence-corrected chi connectivity index (χ1v) is 14.7. The van der Waals surface area contributed by atoms with E-state index in [0.717, 1.165) is 34.1 Å². The molecule has 2 aliphatic heterocycles. The minimum Gasteiger partial charge on any atom is -0.465 e. The Kier molecular flexibility index (Phi) is 7.21. The van der Waals surface area contributed by atoms with Crippen molar-refractivity contribution in [3.05, 3.63) is 71.2 Å². The number of benzene rings is 1. The van der Waals surface area contributed by atoms with Crippen LogP contribution in [0.2, 0.25) is 0 Å². The zero-order chi connectivity index (χ0) is 29.0. The van der Waals surface area contributed by atoms with Crippen LogP contribution in [-0.4, -0.2) is 78.9 Å². The summed E-state index contributed by atoms with van der Waals surface area (Å²) in [5, 5.41) is 14.6. The third-order valence-electron chi connectivity index (χ3n) is 7.54. The average Bonchev–Trinajstić information content (AvgIpc) is 3.56. The summed E-state index contributed by atoms with van der Waals surface area (Å²) < 4.78 is 59.9. The van der Waals surface area contributed by atoms with Crippen LogP contribution in [0.1, 0.15) is 55.7 Å². The lowest BCUT2D eigenvalue weighted by Crippen LogP contribution is -2.62. The molecule has 0 unspecified atom stereocenters. The number of carboxylic acid groups (broad SMARTS) is 1. The number of oxazole rings is 1.